The van der Waals surface area contributed by atoms with E-state index in [9.17, 15) is 18.8 Å². The Morgan fingerprint density at radius 1 is 1.00 bits per heavy atom. The number of benzene rings is 3. The number of hydrogen-bond donors (Lipinski definition) is 2. The van der Waals surface area contributed by atoms with Gasteiger partial charge in [-0.3, -0.25) is 9.59 Å². The maximum Gasteiger partial charge on any atom is 0.335 e. The highest BCUT2D eigenvalue weighted by Crippen LogP contribution is 2.29. The number of nitrogens with one attached hydrogen (secondary N) is 1. The van der Waals surface area contributed by atoms with E-state index < -0.39 is 29.3 Å². The molecule has 2 heterocycles. The molecule has 0 bridgehead atoms. The summed E-state index contributed by atoms with van der Waals surface area (Å²) in [6.45, 7) is 0. The average Bonchev–Trinajstić information content (AvgIpc) is 3.48. The van der Waals surface area contributed by atoms with Gasteiger partial charge >= 0.3 is 5.97 Å². The largest absolute Gasteiger partial charge is 0.478 e. The van der Waals surface area contributed by atoms with Gasteiger partial charge in [0.1, 0.15) is 18.2 Å². The van der Waals surface area contributed by atoms with Gasteiger partial charge in [-0.1, -0.05) is 23.7 Å². The van der Waals surface area contributed by atoms with E-state index in [0.29, 0.717) is 33.1 Å². The number of carboxylic acids is 1. The molecule has 0 aliphatic carbocycles. The third kappa shape index (κ3) is 5.79. The lowest BCUT2D eigenvalue weighted by Crippen LogP contribution is -2.34. The third-order valence-corrected chi connectivity index (χ3v) is 6.43. The highest BCUT2D eigenvalue weighted by atomic mass is 35.5. The number of nitrogens with zero attached hydrogens (tertiary/aromatic N) is 5. The number of carbonyl (C=O) groups excluding carboxylic acids is 1. The summed E-state index contributed by atoms with van der Waals surface area (Å²) < 4.78 is 16.2. The Morgan fingerprint density at radius 3 is 2.40 bits per heavy atom. The highest BCUT2D eigenvalue weighted by molar-refractivity contribution is 6.31. The van der Waals surface area contributed by atoms with Crippen LogP contribution in [0.3, 0.4) is 0 Å². The third-order valence-electron chi connectivity index (χ3n) is 6.19. The number of anilines is 1. The van der Waals surface area contributed by atoms with Gasteiger partial charge in [0, 0.05) is 35.0 Å². The zero-order chi connectivity index (χ0) is 28.2. The number of carboxylic acid groups (broad SMARTS) is 1. The predicted molar refractivity (Wildman–Crippen MR) is 145 cm³/mol. The highest BCUT2D eigenvalue weighted by Gasteiger charge is 2.23. The number of rotatable bonds is 8. The Bertz CT molecular complexity index is 1740. The van der Waals surface area contributed by atoms with Crippen LogP contribution in [-0.2, 0) is 11.2 Å². The van der Waals surface area contributed by atoms with Crippen LogP contribution in [-0.4, -0.2) is 41.8 Å². The predicted octanol–water partition coefficient (Wildman–Crippen LogP) is 4.40. The Balaban J connectivity index is 1.51. The number of hydrogen-bond acceptors (Lipinski definition) is 6. The van der Waals surface area contributed by atoms with Crippen molar-refractivity contribution in [2.24, 2.45) is 0 Å². The van der Waals surface area contributed by atoms with Crippen molar-refractivity contribution in [2.75, 3.05) is 5.32 Å². The minimum atomic E-state index is -1.10. The van der Waals surface area contributed by atoms with Crippen LogP contribution in [0.15, 0.2) is 96.2 Å². The Kier molecular flexibility index (Phi) is 7.47. The molecule has 0 aliphatic heterocycles. The van der Waals surface area contributed by atoms with E-state index in [0.717, 1.165) is 0 Å². The number of aromatic carboxylic acids is 1. The van der Waals surface area contributed by atoms with Gasteiger partial charge in [0.15, 0.2) is 0 Å². The number of amides is 1. The van der Waals surface area contributed by atoms with Gasteiger partial charge in [0.2, 0.25) is 5.91 Å². The monoisotopic (exact) mass is 558 g/mol. The van der Waals surface area contributed by atoms with Crippen LogP contribution < -0.4 is 10.9 Å². The van der Waals surface area contributed by atoms with Crippen molar-refractivity contribution >= 4 is 29.2 Å². The molecule has 0 saturated carbocycles. The maximum atomic E-state index is 13.5. The molecule has 0 unspecified atom stereocenters. The van der Waals surface area contributed by atoms with E-state index in [4.69, 9.17) is 16.7 Å². The number of tetrazole rings is 1. The number of carbonyl (C=O) groups is 2. The van der Waals surface area contributed by atoms with E-state index in [2.05, 4.69) is 20.8 Å². The van der Waals surface area contributed by atoms with Crippen LogP contribution in [0.4, 0.5) is 10.1 Å². The van der Waals surface area contributed by atoms with Crippen LogP contribution in [0.25, 0.3) is 16.8 Å². The molecule has 0 spiro atoms. The summed E-state index contributed by atoms with van der Waals surface area (Å²) >= 11 is 6.24. The zero-order valence-corrected chi connectivity index (χ0v) is 21.4. The van der Waals surface area contributed by atoms with Crippen LogP contribution in [0, 0.1) is 5.82 Å². The summed E-state index contributed by atoms with van der Waals surface area (Å²) in [6, 6.07) is 18.4. The Morgan fingerprint density at radius 2 is 1.75 bits per heavy atom. The molecule has 3 aromatic carbocycles. The smallest absolute Gasteiger partial charge is 0.335 e. The normalized spacial score (nSPS) is 11.7. The molecule has 200 valence electrons. The van der Waals surface area contributed by atoms with E-state index in [1.54, 1.807) is 36.4 Å². The van der Waals surface area contributed by atoms with Crippen molar-refractivity contribution in [1.82, 2.24) is 24.8 Å². The van der Waals surface area contributed by atoms with E-state index >= 15 is 0 Å². The molecule has 0 saturated heterocycles. The minimum absolute atomic E-state index is 0.0646. The molecule has 12 heteroatoms. The molecule has 10 nitrogen and oxygen atoms in total. The number of halogens is 2. The van der Waals surface area contributed by atoms with Gasteiger partial charge < -0.3 is 15.0 Å². The quantitative estimate of drug-likeness (QED) is 0.288. The summed E-state index contributed by atoms with van der Waals surface area (Å²) in [5.74, 6) is -2.04. The maximum absolute atomic E-state index is 13.5. The summed E-state index contributed by atoms with van der Waals surface area (Å²) in [5.41, 5.74) is 2.31. The first-order chi connectivity index (χ1) is 19.3. The van der Waals surface area contributed by atoms with Crippen molar-refractivity contribution in [3.63, 3.8) is 0 Å². The lowest BCUT2D eigenvalue weighted by Gasteiger charge is -2.20. The van der Waals surface area contributed by atoms with Gasteiger partial charge in [-0.25, -0.2) is 9.18 Å². The standard InChI is InChI=1S/C28H20ClFN6O4/c29-20-5-10-24(36-16-31-33-34-36)23(15-20)19-11-12-35(26(37)14-19)25(13-17-1-6-21(30)7-2-17)27(38)32-22-8-3-18(4-9-22)28(39)40/h1-12,14-16,25H,13H2,(H,32,38)(H,39,40)/t25-/m1/s1. The molecular weight excluding hydrogens is 539 g/mol. The van der Waals surface area contributed by atoms with Crippen molar-refractivity contribution in [2.45, 2.75) is 12.5 Å². The van der Waals surface area contributed by atoms with Crippen molar-refractivity contribution in [3.8, 4) is 16.8 Å². The van der Waals surface area contributed by atoms with Gasteiger partial charge in [-0.15, -0.1) is 5.10 Å². The summed E-state index contributed by atoms with van der Waals surface area (Å²) in [5, 5.41) is 23.5. The Hall–Kier alpha value is -5.16. The second-order valence-corrected chi connectivity index (χ2v) is 9.23. The van der Waals surface area contributed by atoms with Crippen LogP contribution >= 0.6 is 11.6 Å². The van der Waals surface area contributed by atoms with E-state index in [1.165, 1.54) is 64.2 Å². The second kappa shape index (κ2) is 11.3. The molecular formula is C28H20ClFN6O4. The molecule has 5 aromatic rings. The molecule has 1 atom stereocenters. The van der Waals surface area contributed by atoms with Crippen LogP contribution in [0.1, 0.15) is 22.0 Å². The first-order valence-electron chi connectivity index (χ1n) is 11.9. The molecule has 0 fully saturated rings. The molecule has 2 aromatic heterocycles. The van der Waals surface area contributed by atoms with Gasteiger partial charge in [-0.05, 0) is 82.2 Å². The number of aromatic nitrogens is 5. The van der Waals surface area contributed by atoms with Gasteiger partial charge in [-0.2, -0.15) is 4.68 Å². The molecule has 5 rings (SSSR count). The Labute approximate surface area is 231 Å². The van der Waals surface area contributed by atoms with Crippen molar-refractivity contribution < 1.29 is 19.1 Å². The molecule has 40 heavy (non-hydrogen) atoms. The first-order valence-corrected chi connectivity index (χ1v) is 12.3. The molecule has 0 radical (unpaired) electrons. The summed E-state index contributed by atoms with van der Waals surface area (Å²) in [4.78, 5) is 38.1. The fourth-order valence-corrected chi connectivity index (χ4v) is 4.38. The summed E-state index contributed by atoms with van der Waals surface area (Å²) in [7, 11) is 0. The van der Waals surface area contributed by atoms with Gasteiger partial charge in [0.25, 0.3) is 5.56 Å². The summed E-state index contributed by atoms with van der Waals surface area (Å²) in [6.07, 6.45) is 3.01. The molecule has 0 aliphatic rings. The fourth-order valence-electron chi connectivity index (χ4n) is 4.21. The molecule has 2 N–H and O–H groups in total. The van der Waals surface area contributed by atoms with Gasteiger partial charge in [0.05, 0.1) is 11.3 Å². The fraction of sp³-hybridized carbons (Fsp3) is 0.0714. The lowest BCUT2D eigenvalue weighted by atomic mass is 10.0. The zero-order valence-electron chi connectivity index (χ0n) is 20.6. The van der Waals surface area contributed by atoms with E-state index in [1.807, 2.05) is 0 Å². The van der Waals surface area contributed by atoms with E-state index in [-0.39, 0.29) is 12.0 Å². The number of pyridine rings is 1. The first kappa shape index (κ1) is 26.4. The molecule has 1 amide bonds. The minimum Gasteiger partial charge on any atom is -0.478 e. The topological polar surface area (TPSA) is 132 Å². The van der Waals surface area contributed by atoms with Crippen molar-refractivity contribution in [3.05, 3.63) is 124 Å². The van der Waals surface area contributed by atoms with Crippen molar-refractivity contribution in [1.29, 1.82) is 0 Å². The second-order valence-electron chi connectivity index (χ2n) is 8.79. The van der Waals surface area contributed by atoms with Crippen LogP contribution in [0.5, 0.6) is 0 Å². The average molecular weight is 559 g/mol. The van der Waals surface area contributed by atoms with Crippen LogP contribution in [0.2, 0.25) is 5.02 Å². The SMILES string of the molecule is O=C(O)c1ccc(NC(=O)[C@@H](Cc2ccc(F)cc2)n2ccc(-c3cc(Cl)ccc3-n3cnnn3)cc2=O)cc1. The lowest BCUT2D eigenvalue weighted by molar-refractivity contribution is -0.119.